The second-order valence-corrected chi connectivity index (χ2v) is 5.35. The minimum absolute atomic E-state index is 0.0955. The van der Waals surface area contributed by atoms with E-state index in [4.69, 9.17) is 10.5 Å². The minimum Gasteiger partial charge on any atom is -0.381 e. The fourth-order valence-corrected chi connectivity index (χ4v) is 3.26. The van der Waals surface area contributed by atoms with Crippen LogP contribution in [-0.2, 0) is 11.2 Å². The molecule has 0 saturated carbocycles. The zero-order valence-corrected chi connectivity index (χ0v) is 10.7. The van der Waals surface area contributed by atoms with Crippen molar-refractivity contribution >= 4 is 15.9 Å². The summed E-state index contributed by atoms with van der Waals surface area (Å²) in [5.74, 6) is 1.54. The third-order valence-electron chi connectivity index (χ3n) is 3.53. The quantitative estimate of drug-likeness (QED) is 0.858. The lowest BCUT2D eigenvalue weighted by Crippen LogP contribution is -2.27. The van der Waals surface area contributed by atoms with Gasteiger partial charge in [0.2, 0.25) is 0 Å². The first-order valence-electron chi connectivity index (χ1n) is 5.87. The molecular formula is C11H16BrN3O. The highest BCUT2D eigenvalue weighted by molar-refractivity contribution is 9.10. The van der Waals surface area contributed by atoms with Crippen LogP contribution >= 0.6 is 15.9 Å². The maximum absolute atomic E-state index is 6.19. The van der Waals surface area contributed by atoms with Gasteiger partial charge in [0.15, 0.2) is 0 Å². The summed E-state index contributed by atoms with van der Waals surface area (Å²) in [6.45, 7) is 1.63. The number of fused-ring (bicyclic) bond motifs is 1. The number of imidazole rings is 1. The van der Waals surface area contributed by atoms with Crippen molar-refractivity contribution in [2.75, 3.05) is 13.2 Å². The Morgan fingerprint density at radius 3 is 3.06 bits per heavy atom. The summed E-state index contributed by atoms with van der Waals surface area (Å²) >= 11 is 3.55. The highest BCUT2D eigenvalue weighted by Gasteiger charge is 2.29. The Kier molecular flexibility index (Phi) is 2.77. The molecule has 88 valence electrons. The predicted octanol–water partition coefficient (Wildman–Crippen LogP) is 1.94. The van der Waals surface area contributed by atoms with Gasteiger partial charge in [-0.05, 0) is 41.6 Å². The zero-order chi connectivity index (χ0) is 11.1. The number of hydrogen-bond acceptors (Lipinski definition) is 3. The van der Waals surface area contributed by atoms with Gasteiger partial charge in [-0.1, -0.05) is 0 Å². The first-order chi connectivity index (χ1) is 7.77. The summed E-state index contributed by atoms with van der Waals surface area (Å²) in [7, 11) is 0. The minimum atomic E-state index is 0.0955. The first kappa shape index (κ1) is 10.7. The van der Waals surface area contributed by atoms with Crippen molar-refractivity contribution in [2.45, 2.75) is 37.8 Å². The van der Waals surface area contributed by atoms with Crippen molar-refractivity contribution < 1.29 is 4.74 Å². The molecule has 1 aromatic heterocycles. The molecular weight excluding hydrogens is 270 g/mol. The van der Waals surface area contributed by atoms with Crippen molar-refractivity contribution in [2.24, 2.45) is 5.73 Å². The molecule has 3 heterocycles. The van der Waals surface area contributed by atoms with Crippen molar-refractivity contribution in [3.8, 4) is 0 Å². The van der Waals surface area contributed by atoms with Crippen LogP contribution in [0.5, 0.6) is 0 Å². The van der Waals surface area contributed by atoms with Crippen LogP contribution in [0.3, 0.4) is 0 Å². The van der Waals surface area contributed by atoms with Crippen molar-refractivity contribution in [1.82, 2.24) is 9.55 Å². The van der Waals surface area contributed by atoms with E-state index in [0.717, 1.165) is 49.3 Å². The lowest BCUT2D eigenvalue weighted by atomic mass is 10.1. The Morgan fingerprint density at radius 2 is 2.31 bits per heavy atom. The predicted molar refractivity (Wildman–Crippen MR) is 64.3 cm³/mol. The summed E-state index contributed by atoms with van der Waals surface area (Å²) < 4.78 is 8.64. The summed E-state index contributed by atoms with van der Waals surface area (Å²) in [6.07, 6.45) is 4.45. The number of hydrogen-bond donors (Lipinski definition) is 1. The standard InChI is InChI=1S/C11H16BrN3O/c12-10-8-2-1-3-9(13)15(8)11(14-10)7-4-5-16-6-7/h7,9H,1-6,13H2. The van der Waals surface area contributed by atoms with E-state index in [1.165, 1.54) is 5.69 Å². The van der Waals surface area contributed by atoms with Gasteiger partial charge in [-0.15, -0.1) is 0 Å². The third kappa shape index (κ3) is 1.61. The smallest absolute Gasteiger partial charge is 0.127 e. The second kappa shape index (κ2) is 4.13. The SMILES string of the molecule is NC1CCCc2c(Br)nc(C3CCOC3)n21. The largest absolute Gasteiger partial charge is 0.381 e. The number of halogens is 1. The maximum Gasteiger partial charge on any atom is 0.127 e. The second-order valence-electron chi connectivity index (χ2n) is 4.60. The molecule has 2 aliphatic heterocycles. The molecule has 0 amide bonds. The molecule has 2 aliphatic rings. The maximum atomic E-state index is 6.19. The molecule has 5 heteroatoms. The van der Waals surface area contributed by atoms with Crippen LogP contribution in [-0.4, -0.2) is 22.8 Å². The van der Waals surface area contributed by atoms with E-state index >= 15 is 0 Å². The molecule has 0 bridgehead atoms. The fraction of sp³-hybridized carbons (Fsp3) is 0.727. The van der Waals surface area contributed by atoms with Gasteiger partial charge < -0.3 is 15.0 Å². The van der Waals surface area contributed by atoms with Crippen molar-refractivity contribution in [3.63, 3.8) is 0 Å². The molecule has 4 nitrogen and oxygen atoms in total. The Hall–Kier alpha value is -0.390. The van der Waals surface area contributed by atoms with Crippen molar-refractivity contribution in [1.29, 1.82) is 0 Å². The highest BCUT2D eigenvalue weighted by atomic mass is 79.9. The van der Waals surface area contributed by atoms with Gasteiger partial charge in [-0.2, -0.15) is 0 Å². The lowest BCUT2D eigenvalue weighted by Gasteiger charge is -2.25. The van der Waals surface area contributed by atoms with E-state index in [-0.39, 0.29) is 6.17 Å². The number of rotatable bonds is 1. The first-order valence-corrected chi connectivity index (χ1v) is 6.66. The van der Waals surface area contributed by atoms with E-state index in [9.17, 15) is 0 Å². The van der Waals surface area contributed by atoms with Crippen LogP contribution in [0.15, 0.2) is 4.60 Å². The Labute approximate surface area is 103 Å². The van der Waals surface area contributed by atoms with Gasteiger partial charge >= 0.3 is 0 Å². The molecule has 2 unspecified atom stereocenters. The van der Waals surface area contributed by atoms with Gasteiger partial charge in [0, 0.05) is 12.5 Å². The molecule has 1 saturated heterocycles. The number of nitrogens with two attached hydrogens (primary N) is 1. The molecule has 16 heavy (non-hydrogen) atoms. The summed E-state index contributed by atoms with van der Waals surface area (Å²) in [5.41, 5.74) is 7.45. The highest BCUT2D eigenvalue weighted by Crippen LogP contribution is 2.34. The Bertz CT molecular complexity index is 398. The van der Waals surface area contributed by atoms with Gasteiger partial charge in [0.25, 0.3) is 0 Å². The molecule has 2 atom stereocenters. The average Bonchev–Trinajstić information content (AvgIpc) is 2.87. The lowest BCUT2D eigenvalue weighted by molar-refractivity contribution is 0.192. The third-order valence-corrected chi connectivity index (χ3v) is 4.16. The van der Waals surface area contributed by atoms with Crippen molar-refractivity contribution in [3.05, 3.63) is 16.1 Å². The molecule has 2 N–H and O–H groups in total. The monoisotopic (exact) mass is 285 g/mol. The van der Waals surface area contributed by atoms with Crippen LogP contribution in [0.25, 0.3) is 0 Å². The Balaban J connectivity index is 2.04. The normalized spacial score (nSPS) is 29.4. The van der Waals surface area contributed by atoms with E-state index in [0.29, 0.717) is 5.92 Å². The van der Waals surface area contributed by atoms with Crippen LogP contribution in [0.4, 0.5) is 0 Å². The molecule has 0 aromatic carbocycles. The topological polar surface area (TPSA) is 53.1 Å². The van der Waals surface area contributed by atoms with E-state index in [1.54, 1.807) is 0 Å². The molecule has 1 aromatic rings. The average molecular weight is 286 g/mol. The van der Waals surface area contributed by atoms with Gasteiger partial charge in [-0.3, -0.25) is 0 Å². The molecule has 0 aliphatic carbocycles. The Morgan fingerprint density at radius 1 is 1.44 bits per heavy atom. The summed E-state index contributed by atoms with van der Waals surface area (Å²) in [6, 6.07) is 0. The number of ether oxygens (including phenoxy) is 1. The van der Waals surface area contributed by atoms with Crippen LogP contribution in [0.2, 0.25) is 0 Å². The molecule has 0 spiro atoms. The number of nitrogens with zero attached hydrogens (tertiary/aromatic N) is 2. The van der Waals surface area contributed by atoms with Gasteiger partial charge in [0.1, 0.15) is 10.4 Å². The van der Waals surface area contributed by atoms with Crippen LogP contribution < -0.4 is 5.73 Å². The molecule has 1 fully saturated rings. The van der Waals surface area contributed by atoms with Gasteiger partial charge in [0.05, 0.1) is 18.5 Å². The summed E-state index contributed by atoms with van der Waals surface area (Å²) in [4.78, 5) is 4.64. The zero-order valence-electron chi connectivity index (χ0n) is 9.16. The summed E-state index contributed by atoms with van der Waals surface area (Å²) in [5, 5.41) is 0. The van der Waals surface area contributed by atoms with Crippen LogP contribution in [0, 0.1) is 0 Å². The van der Waals surface area contributed by atoms with Crippen LogP contribution in [0.1, 0.15) is 42.9 Å². The fourth-order valence-electron chi connectivity index (χ4n) is 2.68. The van der Waals surface area contributed by atoms with E-state index in [1.807, 2.05) is 0 Å². The van der Waals surface area contributed by atoms with E-state index < -0.39 is 0 Å². The van der Waals surface area contributed by atoms with E-state index in [2.05, 4.69) is 25.5 Å². The molecule has 3 rings (SSSR count). The van der Waals surface area contributed by atoms with Gasteiger partial charge in [-0.25, -0.2) is 4.98 Å². The number of aromatic nitrogens is 2. The molecule has 0 radical (unpaired) electrons.